The summed E-state index contributed by atoms with van der Waals surface area (Å²) in [6.07, 6.45) is 0. The minimum absolute atomic E-state index is 0.0479. The molecule has 2 aromatic carbocycles. The number of para-hydroxylation sites is 2. The average Bonchev–Trinajstić information content (AvgIpc) is 2.74. The van der Waals surface area contributed by atoms with Gasteiger partial charge in [0.25, 0.3) is 5.69 Å². The molecule has 1 aliphatic heterocycles. The monoisotopic (exact) mass is 401 g/mol. The van der Waals surface area contributed by atoms with E-state index in [0.717, 1.165) is 37.6 Å². The van der Waals surface area contributed by atoms with Crippen molar-refractivity contribution in [2.24, 2.45) is 0 Å². The Morgan fingerprint density at radius 1 is 1.00 bits per heavy atom. The highest BCUT2D eigenvalue weighted by Crippen LogP contribution is 2.35. The van der Waals surface area contributed by atoms with Crippen LogP contribution in [0.1, 0.15) is 12.5 Å². The number of benzene rings is 2. The molecular formula is C21H27N3O5. The van der Waals surface area contributed by atoms with E-state index >= 15 is 0 Å². The number of nitro benzene ring substituents is 1. The molecule has 0 spiro atoms. The van der Waals surface area contributed by atoms with Gasteiger partial charge in [0.15, 0.2) is 11.5 Å². The van der Waals surface area contributed by atoms with Crippen molar-refractivity contribution in [1.29, 1.82) is 0 Å². The second-order valence-electron chi connectivity index (χ2n) is 6.76. The average molecular weight is 401 g/mol. The lowest BCUT2D eigenvalue weighted by Crippen LogP contribution is -2.46. The SMILES string of the molecule is CCOc1ccccc1N1CCN(Cc2cc(OC)c(OC)cc2[N+](=O)[O-])CC1. The van der Waals surface area contributed by atoms with Gasteiger partial charge >= 0.3 is 0 Å². The summed E-state index contributed by atoms with van der Waals surface area (Å²) < 4.78 is 16.3. The van der Waals surface area contributed by atoms with Gasteiger partial charge in [-0.3, -0.25) is 15.0 Å². The van der Waals surface area contributed by atoms with E-state index in [1.807, 2.05) is 25.1 Å². The van der Waals surface area contributed by atoms with Crippen LogP contribution in [0.25, 0.3) is 0 Å². The summed E-state index contributed by atoms with van der Waals surface area (Å²) in [6, 6.07) is 11.2. The van der Waals surface area contributed by atoms with Crippen LogP contribution < -0.4 is 19.1 Å². The Morgan fingerprint density at radius 3 is 2.28 bits per heavy atom. The molecule has 0 radical (unpaired) electrons. The molecule has 1 aliphatic rings. The maximum atomic E-state index is 11.5. The van der Waals surface area contributed by atoms with E-state index in [4.69, 9.17) is 14.2 Å². The molecule has 2 aromatic rings. The standard InChI is InChI=1S/C21H27N3O5/c1-4-29-19-8-6-5-7-17(19)23-11-9-22(10-12-23)15-16-13-20(27-2)21(28-3)14-18(16)24(25)26/h5-8,13-14H,4,9-12,15H2,1-3H3. The third-order valence-electron chi connectivity index (χ3n) is 5.05. The van der Waals surface area contributed by atoms with Crippen LogP contribution in [-0.2, 0) is 6.54 Å². The molecule has 8 heteroatoms. The Bertz CT molecular complexity index is 850. The number of methoxy groups -OCH3 is 2. The molecule has 0 aromatic heterocycles. The van der Waals surface area contributed by atoms with E-state index in [-0.39, 0.29) is 10.6 Å². The lowest BCUT2D eigenvalue weighted by Gasteiger charge is -2.36. The highest BCUT2D eigenvalue weighted by atomic mass is 16.6. The number of piperazine rings is 1. The molecular weight excluding hydrogens is 374 g/mol. The number of hydrogen-bond acceptors (Lipinski definition) is 7. The number of ether oxygens (including phenoxy) is 3. The predicted octanol–water partition coefficient (Wildman–Crippen LogP) is 3.33. The molecule has 0 aliphatic carbocycles. The van der Waals surface area contributed by atoms with E-state index in [0.29, 0.717) is 30.2 Å². The first-order valence-corrected chi connectivity index (χ1v) is 9.65. The molecule has 1 heterocycles. The Kier molecular flexibility index (Phi) is 6.77. The van der Waals surface area contributed by atoms with Crippen LogP contribution in [0.15, 0.2) is 36.4 Å². The van der Waals surface area contributed by atoms with Gasteiger partial charge in [-0.2, -0.15) is 0 Å². The molecule has 0 saturated carbocycles. The summed E-state index contributed by atoms with van der Waals surface area (Å²) in [5.41, 5.74) is 1.76. The van der Waals surface area contributed by atoms with Gasteiger partial charge in [0.2, 0.25) is 0 Å². The van der Waals surface area contributed by atoms with Gasteiger partial charge in [0.05, 0.1) is 37.5 Å². The second kappa shape index (κ2) is 9.47. The fourth-order valence-corrected chi connectivity index (χ4v) is 3.59. The smallest absolute Gasteiger partial charge is 0.277 e. The first-order chi connectivity index (χ1) is 14.1. The minimum atomic E-state index is -0.369. The number of hydrogen-bond donors (Lipinski definition) is 0. The van der Waals surface area contributed by atoms with Crippen molar-refractivity contribution in [3.63, 3.8) is 0 Å². The van der Waals surface area contributed by atoms with Crippen molar-refractivity contribution in [2.45, 2.75) is 13.5 Å². The number of nitrogens with zero attached hydrogens (tertiary/aromatic N) is 3. The third kappa shape index (κ3) is 4.71. The van der Waals surface area contributed by atoms with Gasteiger partial charge < -0.3 is 19.1 Å². The molecule has 0 N–H and O–H groups in total. The Labute approximate surface area is 170 Å². The maximum Gasteiger partial charge on any atom is 0.277 e. The molecule has 8 nitrogen and oxygen atoms in total. The van der Waals surface area contributed by atoms with Gasteiger partial charge in [-0.25, -0.2) is 0 Å². The van der Waals surface area contributed by atoms with Crippen molar-refractivity contribution < 1.29 is 19.1 Å². The fraction of sp³-hybridized carbons (Fsp3) is 0.429. The lowest BCUT2D eigenvalue weighted by atomic mass is 10.1. The zero-order valence-electron chi connectivity index (χ0n) is 17.1. The van der Waals surface area contributed by atoms with Gasteiger partial charge in [0, 0.05) is 38.3 Å². The second-order valence-corrected chi connectivity index (χ2v) is 6.76. The maximum absolute atomic E-state index is 11.5. The van der Waals surface area contributed by atoms with Crippen LogP contribution in [0.3, 0.4) is 0 Å². The summed E-state index contributed by atoms with van der Waals surface area (Å²) in [7, 11) is 3.00. The van der Waals surface area contributed by atoms with Gasteiger partial charge in [0.1, 0.15) is 5.75 Å². The van der Waals surface area contributed by atoms with Crippen molar-refractivity contribution in [1.82, 2.24) is 4.90 Å². The Morgan fingerprint density at radius 2 is 1.66 bits per heavy atom. The predicted molar refractivity (Wildman–Crippen MR) is 111 cm³/mol. The van der Waals surface area contributed by atoms with Crippen molar-refractivity contribution >= 4 is 11.4 Å². The summed E-state index contributed by atoms with van der Waals surface area (Å²) in [4.78, 5) is 15.7. The van der Waals surface area contributed by atoms with E-state index in [9.17, 15) is 10.1 Å². The normalized spacial score (nSPS) is 14.5. The van der Waals surface area contributed by atoms with Crippen molar-refractivity contribution in [3.8, 4) is 17.2 Å². The number of nitro groups is 1. The first kappa shape index (κ1) is 20.7. The first-order valence-electron chi connectivity index (χ1n) is 9.65. The molecule has 29 heavy (non-hydrogen) atoms. The van der Waals surface area contributed by atoms with Gasteiger partial charge in [-0.15, -0.1) is 0 Å². The van der Waals surface area contributed by atoms with Crippen LogP contribution in [0.5, 0.6) is 17.2 Å². The molecule has 1 saturated heterocycles. The molecule has 0 amide bonds. The van der Waals surface area contributed by atoms with Crippen LogP contribution in [0.2, 0.25) is 0 Å². The zero-order chi connectivity index (χ0) is 20.8. The van der Waals surface area contributed by atoms with Crippen LogP contribution in [-0.4, -0.2) is 56.8 Å². The molecule has 0 unspecified atom stereocenters. The molecule has 156 valence electrons. The van der Waals surface area contributed by atoms with Gasteiger partial charge in [-0.1, -0.05) is 12.1 Å². The summed E-state index contributed by atoms with van der Waals surface area (Å²) >= 11 is 0. The molecule has 3 rings (SSSR count). The number of anilines is 1. The van der Waals surface area contributed by atoms with Crippen molar-refractivity contribution in [2.75, 3.05) is 51.9 Å². The molecule has 0 bridgehead atoms. The highest BCUT2D eigenvalue weighted by molar-refractivity contribution is 5.59. The Hall–Kier alpha value is -3.00. The van der Waals surface area contributed by atoms with E-state index in [1.54, 1.807) is 6.07 Å². The lowest BCUT2D eigenvalue weighted by molar-refractivity contribution is -0.385. The molecule has 1 fully saturated rings. The van der Waals surface area contributed by atoms with E-state index in [2.05, 4.69) is 15.9 Å². The van der Waals surface area contributed by atoms with E-state index < -0.39 is 0 Å². The summed E-state index contributed by atoms with van der Waals surface area (Å²) in [5, 5.41) is 11.5. The zero-order valence-corrected chi connectivity index (χ0v) is 17.1. The van der Waals surface area contributed by atoms with Crippen LogP contribution in [0.4, 0.5) is 11.4 Å². The number of rotatable bonds is 8. The van der Waals surface area contributed by atoms with E-state index in [1.165, 1.54) is 20.3 Å². The quantitative estimate of drug-likeness (QED) is 0.496. The van der Waals surface area contributed by atoms with Crippen molar-refractivity contribution in [3.05, 3.63) is 52.1 Å². The van der Waals surface area contributed by atoms with Gasteiger partial charge in [-0.05, 0) is 25.1 Å². The Balaban J connectivity index is 1.72. The third-order valence-corrected chi connectivity index (χ3v) is 5.05. The summed E-state index contributed by atoms with van der Waals surface area (Å²) in [5.74, 6) is 1.75. The highest BCUT2D eigenvalue weighted by Gasteiger charge is 2.24. The van der Waals surface area contributed by atoms with Crippen LogP contribution >= 0.6 is 0 Å². The summed E-state index contributed by atoms with van der Waals surface area (Å²) in [6.45, 7) is 6.33. The topological polar surface area (TPSA) is 77.3 Å². The minimum Gasteiger partial charge on any atom is -0.493 e. The fourth-order valence-electron chi connectivity index (χ4n) is 3.59. The largest absolute Gasteiger partial charge is 0.493 e. The molecule has 0 atom stereocenters. The van der Waals surface area contributed by atoms with Crippen LogP contribution in [0, 0.1) is 10.1 Å².